The van der Waals surface area contributed by atoms with Crippen molar-refractivity contribution < 1.29 is 0 Å². The van der Waals surface area contributed by atoms with Crippen molar-refractivity contribution in [1.29, 1.82) is 0 Å². The summed E-state index contributed by atoms with van der Waals surface area (Å²) in [6, 6.07) is 0. The monoisotopic (exact) mass is 152 g/mol. The minimum absolute atomic E-state index is 0.405. The average molecular weight is 152 g/mol. The largest absolute Gasteiger partial charge is 0.382 e. The molecule has 0 bridgehead atoms. The van der Waals surface area contributed by atoms with Crippen LogP contribution in [0.25, 0.3) is 0 Å². The van der Waals surface area contributed by atoms with Crippen molar-refractivity contribution in [2.24, 2.45) is 5.92 Å². The van der Waals surface area contributed by atoms with E-state index in [2.05, 4.69) is 24.1 Å². The molecule has 2 fully saturated rings. The first-order valence-electron chi connectivity index (χ1n) is 4.40. The molecule has 0 aromatic rings. The van der Waals surface area contributed by atoms with Crippen LogP contribution in [0.15, 0.2) is 12.3 Å². The Kier molecular flexibility index (Phi) is 1.46. The van der Waals surface area contributed by atoms with Gasteiger partial charge < -0.3 is 10.6 Å². The molecule has 0 unspecified atom stereocenters. The molecule has 1 aliphatic carbocycles. The molecule has 2 N–H and O–H groups in total. The first-order chi connectivity index (χ1) is 5.22. The molecular weight excluding hydrogens is 136 g/mol. The lowest BCUT2D eigenvalue weighted by Crippen LogP contribution is -2.36. The number of nitrogens with one attached hydrogen (secondary N) is 2. The topological polar surface area (TPSA) is 24.1 Å². The van der Waals surface area contributed by atoms with Crippen LogP contribution in [0.4, 0.5) is 0 Å². The van der Waals surface area contributed by atoms with Crippen LogP contribution in [0.1, 0.15) is 19.8 Å². The third-order valence-corrected chi connectivity index (χ3v) is 2.79. The molecule has 0 radical (unpaired) electrons. The third-order valence-electron chi connectivity index (χ3n) is 2.79. The standard InChI is InChI=1S/C9H16N2/c1-7-5-10-6-9(3-4-9)11-8(7)2/h7,10-11H,2-6H2,1H3/t7-/m0/s1. The van der Waals surface area contributed by atoms with Crippen LogP contribution in [-0.4, -0.2) is 18.6 Å². The zero-order valence-corrected chi connectivity index (χ0v) is 7.11. The van der Waals surface area contributed by atoms with Crippen molar-refractivity contribution in [3.05, 3.63) is 12.3 Å². The van der Waals surface area contributed by atoms with Gasteiger partial charge in [0.25, 0.3) is 0 Å². The van der Waals surface area contributed by atoms with Gasteiger partial charge in [0.05, 0.1) is 0 Å². The molecule has 1 aliphatic heterocycles. The van der Waals surface area contributed by atoms with E-state index >= 15 is 0 Å². The Morgan fingerprint density at radius 3 is 2.91 bits per heavy atom. The minimum atomic E-state index is 0.405. The summed E-state index contributed by atoms with van der Waals surface area (Å²) in [4.78, 5) is 0. The second-order valence-corrected chi connectivity index (χ2v) is 3.96. The second kappa shape index (κ2) is 2.24. The van der Waals surface area contributed by atoms with E-state index < -0.39 is 0 Å². The number of hydrogen-bond acceptors (Lipinski definition) is 2. The summed E-state index contributed by atoms with van der Waals surface area (Å²) in [6.07, 6.45) is 2.62. The van der Waals surface area contributed by atoms with Crippen molar-refractivity contribution in [2.45, 2.75) is 25.3 Å². The highest BCUT2D eigenvalue weighted by atomic mass is 15.1. The molecule has 0 amide bonds. The molecule has 0 aromatic heterocycles. The second-order valence-electron chi connectivity index (χ2n) is 3.96. The molecule has 2 rings (SSSR count). The maximum absolute atomic E-state index is 4.04. The van der Waals surface area contributed by atoms with Crippen molar-refractivity contribution in [1.82, 2.24) is 10.6 Å². The van der Waals surface area contributed by atoms with E-state index in [0.717, 1.165) is 13.1 Å². The van der Waals surface area contributed by atoms with Crippen molar-refractivity contribution in [3.63, 3.8) is 0 Å². The van der Waals surface area contributed by atoms with Gasteiger partial charge in [-0.2, -0.15) is 0 Å². The van der Waals surface area contributed by atoms with Gasteiger partial charge in [-0.3, -0.25) is 0 Å². The van der Waals surface area contributed by atoms with E-state index in [0.29, 0.717) is 11.5 Å². The zero-order valence-electron chi connectivity index (χ0n) is 7.11. The molecule has 2 aliphatic rings. The van der Waals surface area contributed by atoms with E-state index in [4.69, 9.17) is 0 Å². The molecular formula is C9H16N2. The fourth-order valence-corrected chi connectivity index (χ4v) is 1.61. The summed E-state index contributed by atoms with van der Waals surface area (Å²) in [5.74, 6) is 0.579. The Bertz CT molecular complexity index is 182. The zero-order chi connectivity index (χ0) is 7.90. The fourth-order valence-electron chi connectivity index (χ4n) is 1.61. The Hall–Kier alpha value is -0.500. The summed E-state index contributed by atoms with van der Waals surface area (Å²) >= 11 is 0. The molecule has 0 aromatic carbocycles. The van der Waals surface area contributed by atoms with E-state index in [-0.39, 0.29) is 0 Å². The maximum Gasteiger partial charge on any atom is 0.0496 e. The van der Waals surface area contributed by atoms with Crippen LogP contribution in [-0.2, 0) is 0 Å². The molecule has 1 heterocycles. The smallest absolute Gasteiger partial charge is 0.0496 e. The van der Waals surface area contributed by atoms with Gasteiger partial charge in [0, 0.05) is 30.2 Å². The quantitative estimate of drug-likeness (QED) is 0.538. The molecule has 1 atom stereocenters. The van der Waals surface area contributed by atoms with E-state index in [1.54, 1.807) is 0 Å². The predicted molar refractivity (Wildman–Crippen MR) is 46.3 cm³/mol. The Labute approximate surface area is 68.1 Å². The van der Waals surface area contributed by atoms with Gasteiger partial charge in [0.15, 0.2) is 0 Å². The van der Waals surface area contributed by atoms with Gasteiger partial charge in [-0.15, -0.1) is 0 Å². The SMILES string of the molecule is C=C1NC2(CC2)CNC[C@@H]1C. The highest BCUT2D eigenvalue weighted by molar-refractivity contribution is 5.14. The average Bonchev–Trinajstić information content (AvgIpc) is 2.69. The first kappa shape index (κ1) is 7.17. The van der Waals surface area contributed by atoms with Gasteiger partial charge in [0.2, 0.25) is 0 Å². The van der Waals surface area contributed by atoms with E-state index in [1.165, 1.54) is 18.5 Å². The lowest BCUT2D eigenvalue weighted by molar-refractivity contribution is 0.541. The summed E-state index contributed by atoms with van der Waals surface area (Å²) in [5, 5.41) is 6.98. The van der Waals surface area contributed by atoms with Crippen LogP contribution in [0.2, 0.25) is 0 Å². The van der Waals surface area contributed by atoms with Crippen molar-refractivity contribution in [3.8, 4) is 0 Å². The highest BCUT2D eigenvalue weighted by Gasteiger charge is 2.43. The van der Waals surface area contributed by atoms with Gasteiger partial charge in [-0.25, -0.2) is 0 Å². The Morgan fingerprint density at radius 2 is 2.27 bits per heavy atom. The first-order valence-corrected chi connectivity index (χ1v) is 4.40. The summed E-state index contributed by atoms with van der Waals surface area (Å²) < 4.78 is 0. The molecule has 11 heavy (non-hydrogen) atoms. The number of hydrogen-bond donors (Lipinski definition) is 2. The van der Waals surface area contributed by atoms with Gasteiger partial charge in [-0.1, -0.05) is 13.5 Å². The van der Waals surface area contributed by atoms with Gasteiger partial charge >= 0.3 is 0 Å². The van der Waals surface area contributed by atoms with Crippen LogP contribution < -0.4 is 10.6 Å². The highest BCUT2D eigenvalue weighted by Crippen LogP contribution is 2.37. The van der Waals surface area contributed by atoms with Crippen molar-refractivity contribution >= 4 is 0 Å². The number of rotatable bonds is 0. The normalized spacial score (nSPS) is 34.6. The summed E-state index contributed by atoms with van der Waals surface area (Å²) in [5.41, 5.74) is 1.62. The molecule has 1 saturated heterocycles. The molecule has 62 valence electrons. The molecule has 2 nitrogen and oxygen atoms in total. The summed E-state index contributed by atoms with van der Waals surface area (Å²) in [7, 11) is 0. The predicted octanol–water partition coefficient (Wildman–Crippen LogP) is 0.862. The van der Waals surface area contributed by atoms with Crippen LogP contribution in [0.5, 0.6) is 0 Å². The van der Waals surface area contributed by atoms with E-state index in [9.17, 15) is 0 Å². The Morgan fingerprint density at radius 1 is 1.55 bits per heavy atom. The van der Waals surface area contributed by atoms with Gasteiger partial charge in [-0.05, 0) is 12.8 Å². The van der Waals surface area contributed by atoms with Crippen molar-refractivity contribution in [2.75, 3.05) is 13.1 Å². The van der Waals surface area contributed by atoms with Gasteiger partial charge in [0.1, 0.15) is 0 Å². The summed E-state index contributed by atoms with van der Waals surface area (Å²) in [6.45, 7) is 8.45. The van der Waals surface area contributed by atoms with E-state index in [1.807, 2.05) is 0 Å². The van der Waals surface area contributed by atoms with Crippen LogP contribution in [0.3, 0.4) is 0 Å². The van der Waals surface area contributed by atoms with Crippen LogP contribution >= 0.6 is 0 Å². The Balaban J connectivity index is 2.06. The molecule has 2 heteroatoms. The van der Waals surface area contributed by atoms with Crippen LogP contribution in [0, 0.1) is 5.92 Å². The fraction of sp³-hybridized carbons (Fsp3) is 0.778. The lowest BCUT2D eigenvalue weighted by Gasteiger charge is -2.17. The molecule has 1 saturated carbocycles. The lowest BCUT2D eigenvalue weighted by atomic mass is 10.1. The third kappa shape index (κ3) is 1.27. The molecule has 1 spiro atoms. The minimum Gasteiger partial charge on any atom is -0.382 e. The maximum atomic E-state index is 4.04.